The molecule has 106 valence electrons. The van der Waals surface area contributed by atoms with Crippen molar-refractivity contribution in [1.82, 2.24) is 10.2 Å². The minimum atomic E-state index is -0.0638. The Morgan fingerprint density at radius 1 is 1.26 bits per heavy atom. The first kappa shape index (κ1) is 15.7. The van der Waals surface area contributed by atoms with E-state index in [9.17, 15) is 4.79 Å². The van der Waals surface area contributed by atoms with E-state index in [1.807, 2.05) is 38.4 Å². The van der Waals surface area contributed by atoms with Crippen LogP contribution in [-0.4, -0.2) is 44.1 Å². The third kappa shape index (κ3) is 4.65. The highest BCUT2D eigenvalue weighted by Crippen LogP contribution is 2.09. The van der Waals surface area contributed by atoms with Crippen molar-refractivity contribution >= 4 is 5.91 Å². The van der Waals surface area contributed by atoms with E-state index in [2.05, 4.69) is 24.1 Å². The lowest BCUT2D eigenvalue weighted by Crippen LogP contribution is -2.48. The Kier molecular flexibility index (Phi) is 5.51. The van der Waals surface area contributed by atoms with Gasteiger partial charge in [0.1, 0.15) is 0 Å². The van der Waals surface area contributed by atoms with Gasteiger partial charge in [0.15, 0.2) is 0 Å². The molecule has 1 aromatic carbocycles. The van der Waals surface area contributed by atoms with Crippen molar-refractivity contribution in [2.45, 2.75) is 26.0 Å². The van der Waals surface area contributed by atoms with Crippen LogP contribution in [0.4, 0.5) is 0 Å². The van der Waals surface area contributed by atoms with Crippen LogP contribution >= 0.6 is 0 Å². The highest BCUT2D eigenvalue weighted by atomic mass is 16.5. The summed E-state index contributed by atoms with van der Waals surface area (Å²) < 4.78 is 5.04. The summed E-state index contributed by atoms with van der Waals surface area (Å²) >= 11 is 0. The average Bonchev–Trinajstić information content (AvgIpc) is 2.37. The maximum Gasteiger partial charge on any atom is 0.251 e. The van der Waals surface area contributed by atoms with Crippen LogP contribution in [0.25, 0.3) is 0 Å². The van der Waals surface area contributed by atoms with Gasteiger partial charge in [0.2, 0.25) is 0 Å². The van der Waals surface area contributed by atoms with E-state index in [0.717, 1.165) is 5.56 Å². The molecule has 0 saturated heterocycles. The van der Waals surface area contributed by atoms with Crippen LogP contribution in [0.3, 0.4) is 0 Å². The van der Waals surface area contributed by atoms with Crippen molar-refractivity contribution in [1.29, 1.82) is 0 Å². The van der Waals surface area contributed by atoms with Gasteiger partial charge in [-0.2, -0.15) is 0 Å². The van der Waals surface area contributed by atoms with E-state index in [4.69, 9.17) is 4.74 Å². The number of methoxy groups -OCH3 is 1. The number of carbonyl (C=O) groups is 1. The van der Waals surface area contributed by atoms with E-state index < -0.39 is 0 Å². The van der Waals surface area contributed by atoms with Crippen LogP contribution in [-0.2, 0) is 11.3 Å². The molecule has 19 heavy (non-hydrogen) atoms. The van der Waals surface area contributed by atoms with Gasteiger partial charge in [0.05, 0.1) is 6.61 Å². The normalized spacial score (nSPS) is 11.7. The van der Waals surface area contributed by atoms with Crippen LogP contribution in [0.15, 0.2) is 24.3 Å². The lowest BCUT2D eigenvalue weighted by molar-refractivity contribution is 0.0919. The fourth-order valence-corrected chi connectivity index (χ4v) is 1.48. The molecule has 1 N–H and O–H groups in total. The summed E-state index contributed by atoms with van der Waals surface area (Å²) in [6, 6.07) is 7.48. The molecule has 0 unspecified atom stereocenters. The Bertz CT molecular complexity index is 411. The number of nitrogens with zero attached hydrogens (tertiary/aromatic N) is 1. The summed E-state index contributed by atoms with van der Waals surface area (Å²) in [6.45, 7) is 5.36. The summed E-state index contributed by atoms with van der Waals surface area (Å²) in [5.41, 5.74) is 1.67. The topological polar surface area (TPSA) is 41.6 Å². The molecular weight excluding hydrogens is 240 g/mol. The summed E-state index contributed by atoms with van der Waals surface area (Å²) in [5, 5.41) is 2.96. The van der Waals surface area contributed by atoms with Crippen molar-refractivity contribution in [3.05, 3.63) is 35.4 Å². The first-order valence-electron chi connectivity index (χ1n) is 6.40. The van der Waals surface area contributed by atoms with E-state index in [-0.39, 0.29) is 11.4 Å². The molecule has 0 bridgehead atoms. The number of likely N-dealkylation sites (N-methyl/N-ethyl adjacent to an activating group) is 1. The second-order valence-corrected chi connectivity index (χ2v) is 5.52. The molecule has 1 aromatic rings. The zero-order chi connectivity index (χ0) is 14.5. The zero-order valence-electron chi connectivity index (χ0n) is 12.5. The molecule has 0 fully saturated rings. The van der Waals surface area contributed by atoms with Gasteiger partial charge >= 0.3 is 0 Å². The van der Waals surface area contributed by atoms with Gasteiger partial charge in [-0.05, 0) is 45.6 Å². The van der Waals surface area contributed by atoms with Crippen LogP contribution in [0.5, 0.6) is 0 Å². The monoisotopic (exact) mass is 264 g/mol. The van der Waals surface area contributed by atoms with Gasteiger partial charge in [-0.25, -0.2) is 0 Å². The van der Waals surface area contributed by atoms with Crippen molar-refractivity contribution < 1.29 is 9.53 Å². The number of carbonyl (C=O) groups excluding carboxylic acids is 1. The van der Waals surface area contributed by atoms with Crippen LogP contribution < -0.4 is 5.32 Å². The lowest BCUT2D eigenvalue weighted by atomic mass is 10.0. The molecular formula is C15H24N2O2. The maximum atomic E-state index is 12.0. The summed E-state index contributed by atoms with van der Waals surface area (Å²) in [7, 11) is 5.67. The number of benzene rings is 1. The molecule has 0 aliphatic heterocycles. The molecule has 0 saturated carbocycles. The Balaban J connectivity index is 2.59. The van der Waals surface area contributed by atoms with Gasteiger partial charge in [-0.15, -0.1) is 0 Å². The Morgan fingerprint density at radius 2 is 1.84 bits per heavy atom. The molecule has 4 nitrogen and oxygen atoms in total. The number of hydrogen-bond donors (Lipinski definition) is 1. The molecule has 0 atom stereocenters. The quantitative estimate of drug-likeness (QED) is 0.853. The SMILES string of the molecule is COCc1ccc(C(=O)NCC(C)(C)N(C)C)cc1. The minimum Gasteiger partial charge on any atom is -0.380 e. The molecule has 0 aliphatic carbocycles. The van der Waals surface area contributed by atoms with E-state index in [1.165, 1.54) is 0 Å². The van der Waals surface area contributed by atoms with Gasteiger partial charge in [-0.1, -0.05) is 12.1 Å². The van der Waals surface area contributed by atoms with Crippen molar-refractivity contribution in [3.8, 4) is 0 Å². The second kappa shape index (κ2) is 6.68. The van der Waals surface area contributed by atoms with Crippen LogP contribution in [0.1, 0.15) is 29.8 Å². The predicted molar refractivity (Wildman–Crippen MR) is 77.3 cm³/mol. The number of nitrogens with one attached hydrogen (secondary N) is 1. The molecule has 0 aliphatic rings. The number of amides is 1. The molecule has 0 radical (unpaired) electrons. The zero-order valence-corrected chi connectivity index (χ0v) is 12.5. The molecule has 1 rings (SSSR count). The largest absolute Gasteiger partial charge is 0.380 e. The first-order valence-corrected chi connectivity index (χ1v) is 6.40. The molecule has 4 heteroatoms. The molecule has 1 amide bonds. The van der Waals surface area contributed by atoms with Crippen LogP contribution in [0.2, 0.25) is 0 Å². The Labute approximate surface area is 115 Å². The average molecular weight is 264 g/mol. The molecule has 0 spiro atoms. The van der Waals surface area contributed by atoms with Gasteiger partial charge < -0.3 is 15.0 Å². The number of rotatable bonds is 6. The summed E-state index contributed by atoms with van der Waals surface area (Å²) in [5.74, 6) is -0.0427. The number of ether oxygens (including phenoxy) is 1. The minimum absolute atomic E-state index is 0.0427. The standard InChI is InChI=1S/C15H24N2O2/c1-15(2,17(3)4)11-16-14(18)13-8-6-12(7-9-13)10-19-5/h6-9H,10-11H2,1-5H3,(H,16,18). The smallest absolute Gasteiger partial charge is 0.251 e. The van der Waals surface area contributed by atoms with E-state index in [0.29, 0.717) is 18.7 Å². The van der Waals surface area contributed by atoms with Gasteiger partial charge in [0.25, 0.3) is 5.91 Å². The molecule has 0 heterocycles. The van der Waals surface area contributed by atoms with Crippen molar-refractivity contribution in [2.75, 3.05) is 27.7 Å². The third-order valence-corrected chi connectivity index (χ3v) is 3.42. The first-order chi connectivity index (χ1) is 8.86. The lowest BCUT2D eigenvalue weighted by Gasteiger charge is -2.32. The number of hydrogen-bond acceptors (Lipinski definition) is 3. The fraction of sp³-hybridized carbons (Fsp3) is 0.533. The maximum absolute atomic E-state index is 12.0. The Hall–Kier alpha value is -1.39. The van der Waals surface area contributed by atoms with E-state index >= 15 is 0 Å². The second-order valence-electron chi connectivity index (χ2n) is 5.52. The van der Waals surface area contributed by atoms with Gasteiger partial charge in [0, 0.05) is 24.8 Å². The summed E-state index contributed by atoms with van der Waals surface area (Å²) in [6.07, 6.45) is 0. The predicted octanol–water partition coefficient (Wildman–Crippen LogP) is 1.90. The van der Waals surface area contributed by atoms with Crippen LogP contribution in [0, 0.1) is 0 Å². The van der Waals surface area contributed by atoms with E-state index in [1.54, 1.807) is 7.11 Å². The third-order valence-electron chi connectivity index (χ3n) is 3.42. The molecule has 0 aromatic heterocycles. The summed E-state index contributed by atoms with van der Waals surface area (Å²) in [4.78, 5) is 14.1. The highest BCUT2D eigenvalue weighted by Gasteiger charge is 2.21. The highest BCUT2D eigenvalue weighted by molar-refractivity contribution is 5.94. The van der Waals surface area contributed by atoms with Gasteiger partial charge in [-0.3, -0.25) is 4.79 Å². The Morgan fingerprint density at radius 3 is 2.32 bits per heavy atom. The van der Waals surface area contributed by atoms with Crippen molar-refractivity contribution in [2.24, 2.45) is 0 Å². The fourth-order valence-electron chi connectivity index (χ4n) is 1.48. The van der Waals surface area contributed by atoms with Crippen molar-refractivity contribution in [3.63, 3.8) is 0 Å².